The molecule has 6 nitrogen and oxygen atoms in total. The van der Waals surface area contributed by atoms with E-state index in [2.05, 4.69) is 9.36 Å². The molecule has 21 heavy (non-hydrogen) atoms. The normalized spacial score (nSPS) is 11.1. The number of hydrogen-bond acceptors (Lipinski definition) is 7. The fraction of sp³-hybridized carbons (Fsp3) is 0.214. The number of nitrogens with zero attached hydrogens (tertiary/aromatic N) is 3. The van der Waals surface area contributed by atoms with Crippen LogP contribution in [0.3, 0.4) is 0 Å². The van der Waals surface area contributed by atoms with Gasteiger partial charge < -0.3 is 14.4 Å². The maximum Gasteiger partial charge on any atom is 0.357 e. The average molecular weight is 305 g/mol. The van der Waals surface area contributed by atoms with Crippen molar-refractivity contribution in [2.24, 2.45) is 0 Å². The summed E-state index contributed by atoms with van der Waals surface area (Å²) in [5.41, 5.74) is 1.17. The molecule has 1 heterocycles. The number of esters is 1. The highest BCUT2D eigenvalue weighted by Crippen LogP contribution is 2.25. The lowest BCUT2D eigenvalue weighted by molar-refractivity contribution is -0.136. The van der Waals surface area contributed by atoms with Crippen molar-refractivity contribution in [2.45, 2.75) is 0 Å². The molecule has 0 saturated carbocycles. The largest absolute Gasteiger partial charge is 0.502 e. The number of benzene rings is 1. The van der Waals surface area contributed by atoms with Crippen molar-refractivity contribution in [1.82, 2.24) is 9.36 Å². The van der Waals surface area contributed by atoms with Gasteiger partial charge in [0.05, 0.1) is 14.2 Å². The van der Waals surface area contributed by atoms with E-state index in [-0.39, 0.29) is 5.70 Å². The molecule has 110 valence electrons. The Labute approximate surface area is 126 Å². The number of carbonyl (C=O) groups excluding carboxylic acids is 1. The van der Waals surface area contributed by atoms with Gasteiger partial charge in [-0.2, -0.15) is 9.36 Å². The van der Waals surface area contributed by atoms with Crippen LogP contribution < -0.4 is 4.90 Å². The molecular formula is C14H15N3O3S. The van der Waals surface area contributed by atoms with E-state index in [1.54, 1.807) is 11.9 Å². The van der Waals surface area contributed by atoms with Gasteiger partial charge in [0, 0.05) is 24.1 Å². The van der Waals surface area contributed by atoms with Gasteiger partial charge in [0.2, 0.25) is 5.13 Å². The Balaban J connectivity index is 2.28. The molecule has 1 aromatic heterocycles. The van der Waals surface area contributed by atoms with E-state index in [0.717, 1.165) is 5.56 Å². The van der Waals surface area contributed by atoms with E-state index in [1.807, 2.05) is 30.3 Å². The molecule has 0 bridgehead atoms. The van der Waals surface area contributed by atoms with E-state index in [4.69, 9.17) is 9.47 Å². The van der Waals surface area contributed by atoms with E-state index < -0.39 is 5.97 Å². The van der Waals surface area contributed by atoms with Crippen LogP contribution in [0.25, 0.3) is 11.4 Å². The Kier molecular flexibility index (Phi) is 4.89. The maximum absolute atomic E-state index is 11.7. The maximum atomic E-state index is 11.7. The van der Waals surface area contributed by atoms with Crippen LogP contribution in [-0.2, 0) is 14.3 Å². The number of anilines is 1. The van der Waals surface area contributed by atoms with Crippen LogP contribution in [0.2, 0.25) is 0 Å². The summed E-state index contributed by atoms with van der Waals surface area (Å²) < 4.78 is 13.9. The Morgan fingerprint density at radius 2 is 2.00 bits per heavy atom. The van der Waals surface area contributed by atoms with E-state index >= 15 is 0 Å². The summed E-state index contributed by atoms with van der Waals surface area (Å²) in [5, 5.41) is 0.572. The van der Waals surface area contributed by atoms with Crippen molar-refractivity contribution < 1.29 is 14.3 Å². The molecule has 0 saturated heterocycles. The summed E-state index contributed by atoms with van der Waals surface area (Å²) in [4.78, 5) is 17.7. The highest BCUT2D eigenvalue weighted by molar-refractivity contribution is 7.10. The van der Waals surface area contributed by atoms with Gasteiger partial charge in [0.15, 0.2) is 11.5 Å². The van der Waals surface area contributed by atoms with Gasteiger partial charge in [-0.25, -0.2) is 4.79 Å². The zero-order chi connectivity index (χ0) is 15.2. The molecule has 0 aliphatic heterocycles. The fourth-order valence-corrected chi connectivity index (χ4v) is 2.30. The zero-order valence-electron chi connectivity index (χ0n) is 11.9. The summed E-state index contributed by atoms with van der Waals surface area (Å²) in [6, 6.07) is 9.63. The zero-order valence-corrected chi connectivity index (χ0v) is 12.8. The first-order valence-corrected chi connectivity index (χ1v) is 6.89. The van der Waals surface area contributed by atoms with Crippen molar-refractivity contribution in [1.29, 1.82) is 0 Å². The van der Waals surface area contributed by atoms with Crippen LogP contribution in [0, 0.1) is 0 Å². The third-order valence-electron chi connectivity index (χ3n) is 2.72. The minimum atomic E-state index is -0.504. The molecule has 0 unspecified atom stereocenters. The SMILES string of the molecule is COC=C(C(=O)OC)N(C)c1nc(-c2ccccc2)ns1. The lowest BCUT2D eigenvalue weighted by atomic mass is 10.2. The van der Waals surface area contributed by atoms with E-state index in [9.17, 15) is 4.79 Å². The minimum absolute atomic E-state index is 0.246. The van der Waals surface area contributed by atoms with E-state index in [1.165, 1.54) is 32.0 Å². The molecule has 2 aromatic rings. The van der Waals surface area contributed by atoms with Crippen molar-refractivity contribution in [3.8, 4) is 11.4 Å². The molecule has 2 rings (SSSR count). The number of rotatable bonds is 5. The van der Waals surface area contributed by atoms with Crippen LogP contribution in [-0.4, -0.2) is 36.6 Å². The number of likely N-dealkylation sites (N-methyl/N-ethyl adjacent to an activating group) is 1. The minimum Gasteiger partial charge on any atom is -0.502 e. The Morgan fingerprint density at radius 3 is 2.62 bits per heavy atom. The smallest absolute Gasteiger partial charge is 0.357 e. The number of hydrogen-bond donors (Lipinski definition) is 0. The second-order valence-corrected chi connectivity index (χ2v) is 4.79. The molecule has 1 aromatic carbocycles. The summed E-state index contributed by atoms with van der Waals surface area (Å²) in [7, 11) is 4.48. The van der Waals surface area contributed by atoms with Gasteiger partial charge in [0.25, 0.3) is 0 Å². The number of methoxy groups -OCH3 is 2. The van der Waals surface area contributed by atoms with Crippen molar-refractivity contribution >= 4 is 22.6 Å². The van der Waals surface area contributed by atoms with Gasteiger partial charge in [-0.1, -0.05) is 30.3 Å². The molecule has 0 N–H and O–H groups in total. The molecule has 0 spiro atoms. The molecule has 0 atom stereocenters. The van der Waals surface area contributed by atoms with Gasteiger partial charge >= 0.3 is 5.97 Å². The standard InChI is InChI=1S/C14H15N3O3S/c1-17(11(9-19-2)13(18)20-3)14-15-12(16-21-14)10-7-5-4-6-8-10/h4-9H,1-3H3. The first-order valence-electron chi connectivity index (χ1n) is 6.11. The van der Waals surface area contributed by atoms with Crippen molar-refractivity contribution in [2.75, 3.05) is 26.2 Å². The molecule has 0 fully saturated rings. The summed E-state index contributed by atoms with van der Waals surface area (Å²) in [6.45, 7) is 0. The predicted molar refractivity (Wildman–Crippen MR) is 80.9 cm³/mol. The summed E-state index contributed by atoms with van der Waals surface area (Å²) >= 11 is 1.20. The predicted octanol–water partition coefficient (Wildman–Crippen LogP) is 2.30. The van der Waals surface area contributed by atoms with Crippen molar-refractivity contribution in [3.05, 3.63) is 42.3 Å². The third-order valence-corrected chi connectivity index (χ3v) is 3.51. The van der Waals surface area contributed by atoms with Crippen LogP contribution in [0.4, 0.5) is 5.13 Å². The topological polar surface area (TPSA) is 64.6 Å². The number of aromatic nitrogens is 2. The van der Waals surface area contributed by atoms with Gasteiger partial charge in [0.1, 0.15) is 6.26 Å². The number of ether oxygens (including phenoxy) is 2. The molecule has 0 radical (unpaired) electrons. The monoisotopic (exact) mass is 305 g/mol. The Bertz CT molecular complexity index is 640. The lowest BCUT2D eigenvalue weighted by Gasteiger charge is -2.16. The van der Waals surface area contributed by atoms with Crippen LogP contribution >= 0.6 is 11.5 Å². The lowest BCUT2D eigenvalue weighted by Crippen LogP contribution is -2.24. The fourth-order valence-electron chi connectivity index (χ4n) is 1.64. The van der Waals surface area contributed by atoms with Crippen LogP contribution in [0.5, 0.6) is 0 Å². The second kappa shape index (κ2) is 6.85. The molecule has 7 heteroatoms. The van der Waals surface area contributed by atoms with Crippen molar-refractivity contribution in [3.63, 3.8) is 0 Å². The Hall–Kier alpha value is -2.41. The highest BCUT2D eigenvalue weighted by Gasteiger charge is 2.20. The Morgan fingerprint density at radius 1 is 1.29 bits per heavy atom. The van der Waals surface area contributed by atoms with Gasteiger partial charge in [-0.05, 0) is 0 Å². The molecule has 0 aliphatic carbocycles. The summed E-state index contributed by atoms with van der Waals surface area (Å²) in [6.07, 6.45) is 1.31. The quantitative estimate of drug-likeness (QED) is 0.480. The summed E-state index contributed by atoms with van der Waals surface area (Å²) in [5.74, 6) is 0.111. The second-order valence-electron chi connectivity index (χ2n) is 4.06. The van der Waals surface area contributed by atoms with Crippen LogP contribution in [0.15, 0.2) is 42.3 Å². The first-order chi connectivity index (χ1) is 10.2. The third kappa shape index (κ3) is 3.38. The van der Waals surface area contributed by atoms with E-state index in [0.29, 0.717) is 11.0 Å². The molecule has 0 aliphatic rings. The average Bonchev–Trinajstić information content (AvgIpc) is 3.02. The van der Waals surface area contributed by atoms with Crippen LogP contribution in [0.1, 0.15) is 0 Å². The molecular weight excluding hydrogens is 290 g/mol. The number of carbonyl (C=O) groups is 1. The molecule has 0 amide bonds. The first kappa shape index (κ1) is 15.0. The van der Waals surface area contributed by atoms with Gasteiger partial charge in [-0.15, -0.1) is 0 Å². The highest BCUT2D eigenvalue weighted by atomic mass is 32.1. The van der Waals surface area contributed by atoms with Gasteiger partial charge in [-0.3, -0.25) is 0 Å².